The lowest BCUT2D eigenvalue weighted by Crippen LogP contribution is -2.31. The van der Waals surface area contributed by atoms with Gasteiger partial charge >= 0.3 is 0 Å². The van der Waals surface area contributed by atoms with Gasteiger partial charge in [0.15, 0.2) is 0 Å². The molecule has 0 aliphatic carbocycles. The summed E-state index contributed by atoms with van der Waals surface area (Å²) in [5.74, 6) is -0.105. The van der Waals surface area contributed by atoms with Gasteiger partial charge in [-0.3, -0.25) is 9.59 Å². The molecule has 2 atom stereocenters. The molecule has 1 saturated heterocycles. The van der Waals surface area contributed by atoms with E-state index in [1.165, 1.54) is 0 Å². The Bertz CT molecular complexity index is 533. The van der Waals surface area contributed by atoms with Gasteiger partial charge in [-0.2, -0.15) is 0 Å². The molecule has 2 rings (SSSR count). The Hall–Kier alpha value is -1.63. The topological polar surface area (TPSA) is 93.5 Å². The van der Waals surface area contributed by atoms with Gasteiger partial charge in [-0.1, -0.05) is 13.0 Å². The van der Waals surface area contributed by atoms with Crippen LogP contribution in [0.2, 0.25) is 0 Å². The summed E-state index contributed by atoms with van der Waals surface area (Å²) >= 11 is 0. The standard InChI is InChI=1S/C16H23N3O3.ClH/c1-11(9-17)10-18-15(20)12-4-2-5-13(8-12)19-16(21)14-6-3-7-22-14;/h2,4-5,8,11,14H,3,6-7,9-10,17H2,1H3,(H,18,20)(H,19,21);1H. The third kappa shape index (κ3) is 5.82. The van der Waals surface area contributed by atoms with E-state index in [1.807, 2.05) is 6.92 Å². The van der Waals surface area contributed by atoms with Crippen molar-refractivity contribution in [2.75, 3.05) is 25.0 Å². The molecule has 1 aromatic rings. The number of nitrogens with two attached hydrogens (primary N) is 1. The van der Waals surface area contributed by atoms with Crippen LogP contribution in [0, 0.1) is 5.92 Å². The van der Waals surface area contributed by atoms with Gasteiger partial charge in [0.1, 0.15) is 6.10 Å². The third-order valence-corrected chi connectivity index (χ3v) is 3.63. The van der Waals surface area contributed by atoms with Crippen LogP contribution < -0.4 is 16.4 Å². The molecule has 1 fully saturated rings. The first-order valence-electron chi connectivity index (χ1n) is 7.61. The molecule has 4 N–H and O–H groups in total. The molecule has 0 spiro atoms. The number of carbonyl (C=O) groups excluding carboxylic acids is 2. The van der Waals surface area contributed by atoms with Crippen LogP contribution in [-0.2, 0) is 9.53 Å². The summed E-state index contributed by atoms with van der Waals surface area (Å²) in [5.41, 5.74) is 6.63. The summed E-state index contributed by atoms with van der Waals surface area (Å²) in [6, 6.07) is 6.87. The largest absolute Gasteiger partial charge is 0.368 e. The molecule has 1 aliphatic heterocycles. The van der Waals surface area contributed by atoms with Gasteiger partial charge in [0.05, 0.1) is 0 Å². The first kappa shape index (κ1) is 19.4. The van der Waals surface area contributed by atoms with Crippen molar-refractivity contribution in [3.05, 3.63) is 29.8 Å². The number of carbonyl (C=O) groups is 2. The highest BCUT2D eigenvalue weighted by molar-refractivity contribution is 5.98. The van der Waals surface area contributed by atoms with Crippen LogP contribution in [-0.4, -0.2) is 37.6 Å². The first-order chi connectivity index (χ1) is 10.6. The van der Waals surface area contributed by atoms with Gasteiger partial charge in [-0.25, -0.2) is 0 Å². The van der Waals surface area contributed by atoms with Crippen molar-refractivity contribution >= 4 is 29.9 Å². The van der Waals surface area contributed by atoms with Crippen molar-refractivity contribution < 1.29 is 14.3 Å². The van der Waals surface area contributed by atoms with E-state index in [4.69, 9.17) is 10.5 Å². The average Bonchev–Trinajstić information content (AvgIpc) is 3.07. The van der Waals surface area contributed by atoms with Crippen LogP contribution in [0.15, 0.2) is 24.3 Å². The molecular formula is C16H24ClN3O3. The van der Waals surface area contributed by atoms with Crippen LogP contribution in [0.3, 0.4) is 0 Å². The lowest BCUT2D eigenvalue weighted by molar-refractivity contribution is -0.124. The molecule has 7 heteroatoms. The summed E-state index contributed by atoms with van der Waals surface area (Å²) in [6.07, 6.45) is 1.26. The van der Waals surface area contributed by atoms with E-state index in [-0.39, 0.29) is 36.2 Å². The van der Waals surface area contributed by atoms with Gasteiger partial charge in [-0.05, 0) is 43.5 Å². The quantitative estimate of drug-likeness (QED) is 0.731. The summed E-state index contributed by atoms with van der Waals surface area (Å²) < 4.78 is 5.34. The minimum Gasteiger partial charge on any atom is -0.368 e. The maximum atomic E-state index is 12.1. The van der Waals surface area contributed by atoms with Crippen molar-refractivity contribution in [3.8, 4) is 0 Å². The number of anilines is 1. The number of benzene rings is 1. The van der Waals surface area contributed by atoms with E-state index in [2.05, 4.69) is 10.6 Å². The second-order valence-corrected chi connectivity index (χ2v) is 5.62. The van der Waals surface area contributed by atoms with Crippen molar-refractivity contribution in [1.29, 1.82) is 0 Å². The molecule has 1 aliphatic rings. The number of hydrogen-bond donors (Lipinski definition) is 3. The summed E-state index contributed by atoms with van der Waals surface area (Å²) in [5, 5.41) is 5.62. The zero-order valence-corrected chi connectivity index (χ0v) is 14.0. The number of amides is 2. The molecule has 1 aromatic carbocycles. The molecule has 128 valence electrons. The van der Waals surface area contributed by atoms with Crippen LogP contribution in [0.4, 0.5) is 5.69 Å². The number of ether oxygens (including phenoxy) is 1. The van der Waals surface area contributed by atoms with E-state index < -0.39 is 0 Å². The Balaban J connectivity index is 0.00000264. The molecule has 23 heavy (non-hydrogen) atoms. The first-order valence-corrected chi connectivity index (χ1v) is 7.61. The minimum atomic E-state index is -0.386. The van der Waals surface area contributed by atoms with Gasteiger partial charge in [0, 0.05) is 24.4 Å². The summed E-state index contributed by atoms with van der Waals surface area (Å²) in [7, 11) is 0. The molecule has 0 radical (unpaired) electrons. The van der Waals surface area contributed by atoms with Crippen LogP contribution in [0.1, 0.15) is 30.1 Å². The molecule has 6 nitrogen and oxygen atoms in total. The smallest absolute Gasteiger partial charge is 0.253 e. The van der Waals surface area contributed by atoms with Gasteiger partial charge in [0.2, 0.25) is 0 Å². The fourth-order valence-corrected chi connectivity index (χ4v) is 2.20. The number of hydrogen-bond acceptors (Lipinski definition) is 4. The molecule has 1 heterocycles. The van der Waals surface area contributed by atoms with Crippen LogP contribution in [0.5, 0.6) is 0 Å². The summed E-state index contributed by atoms with van der Waals surface area (Å²) in [6.45, 7) is 3.65. The zero-order valence-electron chi connectivity index (χ0n) is 13.2. The molecule has 0 aromatic heterocycles. The third-order valence-electron chi connectivity index (χ3n) is 3.63. The Morgan fingerprint density at radius 3 is 2.87 bits per heavy atom. The van der Waals surface area contributed by atoms with Gasteiger partial charge in [-0.15, -0.1) is 12.4 Å². The van der Waals surface area contributed by atoms with Crippen LogP contribution >= 0.6 is 12.4 Å². The monoisotopic (exact) mass is 341 g/mol. The number of nitrogens with one attached hydrogen (secondary N) is 2. The molecule has 2 amide bonds. The van der Waals surface area contributed by atoms with E-state index in [0.717, 1.165) is 12.8 Å². The minimum absolute atomic E-state index is 0. The lowest BCUT2D eigenvalue weighted by atomic mass is 10.1. The fraction of sp³-hybridized carbons (Fsp3) is 0.500. The predicted octanol–water partition coefficient (Wildman–Crippen LogP) is 1.55. The Kier molecular flexibility index (Phi) is 8.02. The molecule has 0 saturated carbocycles. The van der Waals surface area contributed by atoms with Crippen molar-refractivity contribution in [3.63, 3.8) is 0 Å². The van der Waals surface area contributed by atoms with Crippen molar-refractivity contribution in [2.45, 2.75) is 25.9 Å². The van der Waals surface area contributed by atoms with E-state index in [9.17, 15) is 9.59 Å². The molecular weight excluding hydrogens is 318 g/mol. The molecule has 2 unspecified atom stereocenters. The second-order valence-electron chi connectivity index (χ2n) is 5.62. The second kappa shape index (κ2) is 9.50. The predicted molar refractivity (Wildman–Crippen MR) is 91.8 cm³/mol. The SMILES string of the molecule is CC(CN)CNC(=O)c1cccc(NC(=O)C2CCCO2)c1.Cl. The fourth-order valence-electron chi connectivity index (χ4n) is 2.20. The van der Waals surface area contributed by atoms with E-state index in [0.29, 0.717) is 30.9 Å². The van der Waals surface area contributed by atoms with E-state index >= 15 is 0 Å². The highest BCUT2D eigenvalue weighted by atomic mass is 35.5. The lowest BCUT2D eigenvalue weighted by Gasteiger charge is -2.12. The van der Waals surface area contributed by atoms with Crippen molar-refractivity contribution in [2.24, 2.45) is 11.7 Å². The Morgan fingerprint density at radius 2 is 2.22 bits per heavy atom. The maximum Gasteiger partial charge on any atom is 0.253 e. The van der Waals surface area contributed by atoms with Gasteiger partial charge < -0.3 is 21.1 Å². The zero-order chi connectivity index (χ0) is 15.9. The highest BCUT2D eigenvalue weighted by Crippen LogP contribution is 2.16. The van der Waals surface area contributed by atoms with E-state index in [1.54, 1.807) is 24.3 Å². The maximum absolute atomic E-state index is 12.1. The number of halogens is 1. The number of rotatable bonds is 6. The normalized spacial score (nSPS) is 17.9. The molecule has 0 bridgehead atoms. The Morgan fingerprint density at radius 1 is 1.43 bits per heavy atom. The average molecular weight is 342 g/mol. The summed E-state index contributed by atoms with van der Waals surface area (Å²) in [4.78, 5) is 24.1. The van der Waals surface area contributed by atoms with Crippen molar-refractivity contribution in [1.82, 2.24) is 5.32 Å². The van der Waals surface area contributed by atoms with Crippen LogP contribution in [0.25, 0.3) is 0 Å². The van der Waals surface area contributed by atoms with Gasteiger partial charge in [0.25, 0.3) is 11.8 Å². The highest BCUT2D eigenvalue weighted by Gasteiger charge is 2.23. The Labute approximate surface area is 142 Å².